The van der Waals surface area contributed by atoms with Crippen LogP contribution in [0.3, 0.4) is 0 Å². The molecule has 14 heteroatoms. The van der Waals surface area contributed by atoms with Crippen LogP contribution in [0.4, 0.5) is 0 Å². The van der Waals surface area contributed by atoms with Gasteiger partial charge in [0.2, 0.25) is 20.0 Å². The Morgan fingerprint density at radius 2 is 0.844 bits per heavy atom. The number of hydrogen-bond donors (Lipinski definition) is 0. The first-order valence-electron chi connectivity index (χ1n) is 21.7. The monoisotopic (exact) mass is 916 g/mol. The third kappa shape index (κ3) is 9.19. The Labute approximate surface area is 380 Å². The number of sulfonamides is 2. The maximum absolute atomic E-state index is 15.0. The van der Waals surface area contributed by atoms with E-state index in [0.717, 1.165) is 22.3 Å². The Morgan fingerprint density at radius 1 is 0.547 bits per heavy atom. The lowest BCUT2D eigenvalue weighted by Crippen LogP contribution is -2.38. The van der Waals surface area contributed by atoms with Gasteiger partial charge in [-0.25, -0.2) is 16.8 Å². The van der Waals surface area contributed by atoms with E-state index in [4.69, 9.17) is 18.9 Å². The molecule has 2 fully saturated rings. The van der Waals surface area contributed by atoms with Gasteiger partial charge in [0, 0.05) is 48.2 Å². The van der Waals surface area contributed by atoms with Crippen LogP contribution in [0.15, 0.2) is 58.3 Å². The third-order valence-electron chi connectivity index (χ3n) is 11.9. The average molecular weight is 917 g/mol. The Morgan fingerprint density at radius 3 is 1.11 bits per heavy atom. The summed E-state index contributed by atoms with van der Waals surface area (Å²) in [6.07, 6.45) is -2.50. The Balaban J connectivity index is 1.71. The fourth-order valence-electron chi connectivity index (χ4n) is 9.21. The van der Waals surface area contributed by atoms with Crippen LogP contribution in [-0.4, -0.2) is 62.7 Å². The number of hydrogen-bond acceptors (Lipinski definition) is 10. The van der Waals surface area contributed by atoms with Gasteiger partial charge in [-0.3, -0.25) is 9.59 Å². The van der Waals surface area contributed by atoms with Gasteiger partial charge in [0.15, 0.2) is 12.5 Å². The van der Waals surface area contributed by atoms with Gasteiger partial charge in [0.25, 0.3) is 0 Å². The molecule has 64 heavy (non-hydrogen) atoms. The van der Waals surface area contributed by atoms with Crippen molar-refractivity contribution in [2.45, 2.75) is 156 Å². The van der Waals surface area contributed by atoms with E-state index < -0.39 is 67.4 Å². The minimum absolute atomic E-state index is 0.00125. The van der Waals surface area contributed by atoms with Crippen molar-refractivity contribution in [3.8, 4) is 22.6 Å². The second-order valence-corrected chi connectivity index (χ2v) is 23.3. The molecular formula is C50H64N2O10S2. The lowest BCUT2D eigenvalue weighted by Gasteiger charge is -2.32. The number of rotatable bonds is 9. The van der Waals surface area contributed by atoms with Crippen LogP contribution < -0.4 is 9.47 Å². The van der Waals surface area contributed by atoms with Crippen molar-refractivity contribution in [3.05, 3.63) is 104 Å². The van der Waals surface area contributed by atoms with Crippen LogP contribution in [0.5, 0.6) is 11.5 Å². The highest BCUT2D eigenvalue weighted by molar-refractivity contribution is 7.89. The second kappa shape index (κ2) is 17.4. The van der Waals surface area contributed by atoms with Gasteiger partial charge < -0.3 is 18.9 Å². The molecular weight excluding hydrogens is 853 g/mol. The van der Waals surface area contributed by atoms with E-state index in [1.54, 1.807) is 41.5 Å². The average Bonchev–Trinajstić information content (AvgIpc) is 3.72. The molecule has 0 radical (unpaired) electrons. The van der Waals surface area contributed by atoms with E-state index in [9.17, 15) is 26.4 Å². The van der Waals surface area contributed by atoms with Crippen molar-refractivity contribution in [1.82, 2.24) is 8.61 Å². The van der Waals surface area contributed by atoms with E-state index in [1.165, 1.54) is 22.5 Å². The number of benzene rings is 4. The summed E-state index contributed by atoms with van der Waals surface area (Å²) < 4.78 is 87.9. The van der Waals surface area contributed by atoms with Crippen LogP contribution >= 0.6 is 0 Å². The predicted octanol–water partition coefficient (Wildman–Crippen LogP) is 9.87. The molecule has 0 amide bonds. The molecule has 0 saturated carbocycles. The molecule has 2 aliphatic rings. The number of esters is 2. The van der Waals surface area contributed by atoms with Crippen molar-refractivity contribution in [2.75, 3.05) is 13.2 Å². The molecule has 0 aromatic heterocycles. The van der Waals surface area contributed by atoms with Gasteiger partial charge >= 0.3 is 11.9 Å². The third-order valence-corrected chi connectivity index (χ3v) is 16.4. The van der Waals surface area contributed by atoms with Gasteiger partial charge in [-0.05, 0) is 124 Å². The van der Waals surface area contributed by atoms with Crippen LogP contribution in [0.25, 0.3) is 11.1 Å². The molecule has 0 aliphatic carbocycles. The first-order valence-corrected chi connectivity index (χ1v) is 24.5. The molecule has 6 rings (SSSR count). The van der Waals surface area contributed by atoms with E-state index in [-0.39, 0.29) is 45.6 Å². The smallest absolute Gasteiger partial charge is 0.308 e. The first kappa shape index (κ1) is 49.0. The van der Waals surface area contributed by atoms with Crippen molar-refractivity contribution in [3.63, 3.8) is 0 Å². The maximum atomic E-state index is 15.0. The summed E-state index contributed by atoms with van der Waals surface area (Å²) >= 11 is 0. The SMILES string of the molecule is CC(=O)Oc1c(-c2cc(C(C)(C)C)cc([C@@H]3OC[C@H](C)N3S(=O)(=O)c3c(C)cc(C)cc3C)c2OC(C)=O)cc(C(C)(C)C)cc1[C@@H]1OC[C@H](C)N1S(=O)(=O)c1c(C)cc(C)cc1C. The minimum Gasteiger partial charge on any atom is -0.426 e. The number of carbonyl (C=O) groups excluding carboxylic acids is 2. The number of ether oxygens (including phenoxy) is 4. The summed E-state index contributed by atoms with van der Waals surface area (Å²) in [6.45, 7) is 29.1. The van der Waals surface area contributed by atoms with Gasteiger partial charge in [-0.15, -0.1) is 0 Å². The summed E-state index contributed by atoms with van der Waals surface area (Å²) in [5, 5.41) is 0. The van der Waals surface area contributed by atoms with Gasteiger partial charge in [0.1, 0.15) is 11.5 Å². The van der Waals surface area contributed by atoms with Gasteiger partial charge in [-0.2, -0.15) is 8.61 Å². The summed E-state index contributed by atoms with van der Waals surface area (Å²) in [4.78, 5) is 27.0. The first-order chi connectivity index (χ1) is 29.5. The van der Waals surface area contributed by atoms with E-state index >= 15 is 0 Å². The lowest BCUT2D eigenvalue weighted by atomic mass is 9.80. The van der Waals surface area contributed by atoms with E-state index in [1.807, 2.05) is 104 Å². The van der Waals surface area contributed by atoms with E-state index in [0.29, 0.717) is 33.4 Å². The predicted molar refractivity (Wildman–Crippen MR) is 248 cm³/mol. The highest BCUT2D eigenvalue weighted by atomic mass is 32.2. The standard InChI is InChI=1S/C50H64N2O10S2/c1-27-17-29(3)45(30(4)18-27)63(55,56)51-33(7)25-59-47(51)41-23-37(49(11,12)13)21-39(43(41)61-35(9)53)40-22-38(50(14,15)16)24-42(44(40)62-36(10)54)48-52(34(8)26-60-48)64(57,58)46-31(5)19-28(2)20-32(46)6/h17-24,33-34,47-48H,25-26H2,1-16H3/t33-,34-,47-,48-/m0/s1. The topological polar surface area (TPSA) is 146 Å². The van der Waals surface area contributed by atoms with Crippen LogP contribution in [0.2, 0.25) is 0 Å². The zero-order chi connectivity index (χ0) is 47.8. The molecule has 4 aromatic rings. The van der Waals surface area contributed by atoms with Gasteiger partial charge in [0.05, 0.1) is 23.0 Å². The van der Waals surface area contributed by atoms with Crippen molar-refractivity contribution in [2.24, 2.45) is 0 Å². The Kier molecular flexibility index (Phi) is 13.3. The molecule has 2 saturated heterocycles. The summed E-state index contributed by atoms with van der Waals surface area (Å²) in [7, 11) is -8.48. The molecule has 2 heterocycles. The largest absolute Gasteiger partial charge is 0.426 e. The molecule has 4 atom stereocenters. The van der Waals surface area contributed by atoms with Crippen molar-refractivity contribution >= 4 is 32.0 Å². The zero-order valence-corrected chi connectivity index (χ0v) is 41.8. The van der Waals surface area contributed by atoms with Crippen molar-refractivity contribution < 1.29 is 45.4 Å². The molecule has 0 spiro atoms. The van der Waals surface area contributed by atoms with Crippen molar-refractivity contribution in [1.29, 1.82) is 0 Å². The number of aryl methyl sites for hydroxylation is 6. The quantitative estimate of drug-likeness (QED) is 0.118. The maximum Gasteiger partial charge on any atom is 0.308 e. The number of carbonyl (C=O) groups is 2. The summed E-state index contributed by atoms with van der Waals surface area (Å²) in [5.41, 5.74) is 5.66. The fourth-order valence-corrected chi connectivity index (χ4v) is 13.4. The summed E-state index contributed by atoms with van der Waals surface area (Å²) in [6, 6.07) is 13.4. The Hall–Kier alpha value is -4.44. The van der Waals surface area contributed by atoms with Gasteiger partial charge in [-0.1, -0.05) is 76.9 Å². The van der Waals surface area contributed by atoms with E-state index in [2.05, 4.69) is 0 Å². The number of nitrogens with zero attached hydrogens (tertiary/aromatic N) is 2. The highest BCUT2D eigenvalue weighted by Crippen LogP contribution is 2.52. The molecule has 2 aliphatic heterocycles. The molecule has 0 N–H and O–H groups in total. The fraction of sp³-hybridized carbons (Fsp3) is 0.480. The summed E-state index contributed by atoms with van der Waals surface area (Å²) in [5.74, 6) is -1.38. The minimum atomic E-state index is -4.24. The second-order valence-electron chi connectivity index (χ2n) is 19.8. The zero-order valence-electron chi connectivity index (χ0n) is 40.1. The molecule has 0 unspecified atom stereocenters. The van der Waals surface area contributed by atoms with Crippen LogP contribution in [0.1, 0.15) is 137 Å². The van der Waals surface area contributed by atoms with Crippen LogP contribution in [0, 0.1) is 41.5 Å². The molecule has 346 valence electrons. The normalized spacial score (nSPS) is 20.2. The Bertz CT molecular complexity index is 2530. The molecule has 4 aromatic carbocycles. The lowest BCUT2D eigenvalue weighted by molar-refractivity contribution is -0.133. The van der Waals surface area contributed by atoms with Crippen LogP contribution in [-0.2, 0) is 49.9 Å². The molecule has 0 bridgehead atoms. The molecule has 12 nitrogen and oxygen atoms in total. The highest BCUT2D eigenvalue weighted by Gasteiger charge is 2.47.